The Bertz CT molecular complexity index is 937. The van der Waals surface area contributed by atoms with Crippen LogP contribution in [0.4, 0.5) is 5.82 Å². The van der Waals surface area contributed by atoms with Gasteiger partial charge in [-0.15, -0.1) is 0 Å². The van der Waals surface area contributed by atoms with Gasteiger partial charge in [0.2, 0.25) is 0 Å². The van der Waals surface area contributed by atoms with Crippen LogP contribution in [0.5, 0.6) is 0 Å². The van der Waals surface area contributed by atoms with Crippen molar-refractivity contribution in [2.45, 2.75) is 45.6 Å². The van der Waals surface area contributed by atoms with Crippen molar-refractivity contribution in [1.82, 2.24) is 15.0 Å². The Morgan fingerprint density at radius 2 is 1.74 bits per heavy atom. The van der Waals surface area contributed by atoms with Gasteiger partial charge in [0.25, 0.3) is 5.91 Å². The van der Waals surface area contributed by atoms with Gasteiger partial charge in [-0.3, -0.25) is 9.78 Å². The van der Waals surface area contributed by atoms with E-state index >= 15 is 0 Å². The van der Waals surface area contributed by atoms with E-state index in [9.17, 15) is 4.79 Å². The number of hydrogen-bond donors (Lipinski definition) is 2. The van der Waals surface area contributed by atoms with E-state index in [4.69, 9.17) is 5.73 Å². The molecule has 1 aromatic carbocycles. The summed E-state index contributed by atoms with van der Waals surface area (Å²) in [6, 6.07) is 10.3. The molecule has 3 N–H and O–H groups in total. The maximum Gasteiger partial charge on any atom is 0.251 e. The zero-order valence-electron chi connectivity index (χ0n) is 15.9. The molecule has 0 saturated carbocycles. The van der Waals surface area contributed by atoms with Crippen molar-refractivity contribution in [2.75, 3.05) is 5.32 Å². The fraction of sp³-hybridized carbons (Fsp3) is 0.333. The summed E-state index contributed by atoms with van der Waals surface area (Å²) in [6.07, 6.45) is 4.96. The number of nitrogens with one attached hydrogen (secondary N) is 1. The molecule has 0 radical (unpaired) electrons. The molecule has 1 amide bonds. The van der Waals surface area contributed by atoms with Crippen LogP contribution >= 0.6 is 0 Å². The summed E-state index contributed by atoms with van der Waals surface area (Å²) in [6.45, 7) is 6.52. The van der Waals surface area contributed by atoms with E-state index in [0.717, 1.165) is 12.8 Å². The van der Waals surface area contributed by atoms with Crippen LogP contribution < -0.4 is 11.1 Å². The lowest BCUT2D eigenvalue weighted by molar-refractivity contribution is 0.100. The Hall–Kier alpha value is -3.02. The van der Waals surface area contributed by atoms with Crippen molar-refractivity contribution in [3.05, 3.63) is 59.5 Å². The van der Waals surface area contributed by atoms with Crippen molar-refractivity contribution >= 4 is 22.8 Å². The Morgan fingerprint density at radius 1 is 1.04 bits per heavy atom. The maximum absolute atomic E-state index is 11.7. The van der Waals surface area contributed by atoms with Crippen molar-refractivity contribution in [3.8, 4) is 0 Å². The minimum Gasteiger partial charge on any atom is -0.366 e. The molecule has 1 atom stereocenters. The molecule has 0 unspecified atom stereocenters. The zero-order chi connectivity index (χ0) is 19.4. The third-order valence-corrected chi connectivity index (χ3v) is 4.68. The molecule has 0 aliphatic rings. The molecular formula is C21H25N5O. The number of hydrogen-bond acceptors (Lipinski definition) is 5. The summed E-state index contributed by atoms with van der Waals surface area (Å²) in [5, 5.41) is 3.49. The highest BCUT2D eigenvalue weighted by Crippen LogP contribution is 2.28. The standard InChI is InChI=1S/C21H25N5O/c1-4-5-17(15-8-6-14(7-9-15)13(2)3)26-21-19-18(24-12-25-21)16(20(22)27)10-11-23-19/h6-13,17H,4-5H2,1-3H3,(H2,22,27)(H,24,25,26)/t17-/m1/s1. The number of fused-ring (bicyclic) bond motifs is 1. The van der Waals surface area contributed by atoms with Gasteiger partial charge in [0, 0.05) is 6.20 Å². The van der Waals surface area contributed by atoms with Gasteiger partial charge in [-0.05, 0) is 29.5 Å². The average Bonchev–Trinajstić information content (AvgIpc) is 2.67. The summed E-state index contributed by atoms with van der Waals surface area (Å²) >= 11 is 0. The molecule has 0 bridgehead atoms. The average molecular weight is 363 g/mol. The van der Waals surface area contributed by atoms with Crippen molar-refractivity contribution < 1.29 is 4.79 Å². The van der Waals surface area contributed by atoms with E-state index in [2.05, 4.69) is 65.3 Å². The van der Waals surface area contributed by atoms with Crippen molar-refractivity contribution in [3.63, 3.8) is 0 Å². The molecule has 27 heavy (non-hydrogen) atoms. The van der Waals surface area contributed by atoms with Crippen LogP contribution in [0.2, 0.25) is 0 Å². The lowest BCUT2D eigenvalue weighted by atomic mass is 9.97. The summed E-state index contributed by atoms with van der Waals surface area (Å²) < 4.78 is 0. The first-order chi connectivity index (χ1) is 13.0. The van der Waals surface area contributed by atoms with Gasteiger partial charge >= 0.3 is 0 Å². The van der Waals surface area contributed by atoms with E-state index in [-0.39, 0.29) is 6.04 Å². The third-order valence-electron chi connectivity index (χ3n) is 4.68. The molecule has 0 fully saturated rings. The number of nitrogens with two attached hydrogens (primary N) is 1. The van der Waals surface area contributed by atoms with Gasteiger partial charge in [-0.1, -0.05) is 51.5 Å². The molecule has 0 aliphatic heterocycles. The van der Waals surface area contributed by atoms with Gasteiger partial charge < -0.3 is 11.1 Å². The van der Waals surface area contributed by atoms with Crippen molar-refractivity contribution in [1.29, 1.82) is 0 Å². The Balaban J connectivity index is 1.97. The number of primary amides is 1. The molecular weight excluding hydrogens is 338 g/mol. The number of benzene rings is 1. The first kappa shape index (κ1) is 18.8. The number of pyridine rings is 1. The van der Waals surface area contributed by atoms with Crippen LogP contribution in [-0.4, -0.2) is 20.9 Å². The number of rotatable bonds is 7. The second kappa shape index (κ2) is 8.12. The topological polar surface area (TPSA) is 93.8 Å². The molecule has 0 spiro atoms. The first-order valence-corrected chi connectivity index (χ1v) is 9.27. The normalized spacial score (nSPS) is 12.3. The predicted molar refractivity (Wildman–Crippen MR) is 108 cm³/mol. The van der Waals surface area contributed by atoms with Gasteiger partial charge in [-0.25, -0.2) is 9.97 Å². The van der Waals surface area contributed by atoms with E-state index in [1.54, 1.807) is 12.3 Å². The highest BCUT2D eigenvalue weighted by molar-refractivity contribution is 6.05. The summed E-state index contributed by atoms with van der Waals surface area (Å²) in [7, 11) is 0. The maximum atomic E-state index is 11.7. The minimum atomic E-state index is -0.526. The lowest BCUT2D eigenvalue weighted by Crippen LogP contribution is -2.15. The third kappa shape index (κ3) is 4.05. The summed E-state index contributed by atoms with van der Waals surface area (Å²) in [5.41, 5.74) is 9.33. The monoisotopic (exact) mass is 363 g/mol. The molecule has 2 aromatic heterocycles. The van der Waals surface area contributed by atoms with Crippen LogP contribution in [0.15, 0.2) is 42.9 Å². The Kier molecular flexibility index (Phi) is 5.64. The highest BCUT2D eigenvalue weighted by Gasteiger charge is 2.16. The van der Waals surface area contributed by atoms with E-state index in [0.29, 0.717) is 28.3 Å². The van der Waals surface area contributed by atoms with Crippen LogP contribution in [0.1, 0.15) is 67.1 Å². The molecule has 0 aliphatic carbocycles. The molecule has 3 aromatic rings. The second-order valence-corrected chi connectivity index (χ2v) is 6.95. The van der Waals surface area contributed by atoms with Crippen LogP contribution in [0, 0.1) is 0 Å². The van der Waals surface area contributed by atoms with Crippen LogP contribution in [0.3, 0.4) is 0 Å². The van der Waals surface area contributed by atoms with Crippen molar-refractivity contribution in [2.24, 2.45) is 5.73 Å². The van der Waals surface area contributed by atoms with Gasteiger partial charge in [-0.2, -0.15) is 0 Å². The number of anilines is 1. The molecule has 6 heteroatoms. The van der Waals surface area contributed by atoms with Gasteiger partial charge in [0.05, 0.1) is 11.6 Å². The van der Waals surface area contributed by atoms with Crippen LogP contribution in [0.25, 0.3) is 11.0 Å². The lowest BCUT2D eigenvalue weighted by Gasteiger charge is -2.20. The fourth-order valence-electron chi connectivity index (χ4n) is 3.16. The van der Waals surface area contributed by atoms with Crippen LogP contribution in [-0.2, 0) is 0 Å². The SMILES string of the molecule is CCC[C@@H](Nc1ncnc2c(C(N)=O)ccnc12)c1ccc(C(C)C)cc1. The second-order valence-electron chi connectivity index (χ2n) is 6.95. The minimum absolute atomic E-state index is 0.0911. The number of nitrogens with zero attached hydrogens (tertiary/aromatic N) is 3. The fourth-order valence-corrected chi connectivity index (χ4v) is 3.16. The number of amides is 1. The van der Waals surface area contributed by atoms with E-state index < -0.39 is 5.91 Å². The van der Waals surface area contributed by atoms with E-state index in [1.165, 1.54) is 17.5 Å². The molecule has 6 nitrogen and oxygen atoms in total. The Morgan fingerprint density at radius 3 is 2.37 bits per heavy atom. The zero-order valence-corrected chi connectivity index (χ0v) is 15.9. The molecule has 3 rings (SSSR count). The number of carbonyl (C=O) groups excluding carboxylic acids is 1. The molecule has 2 heterocycles. The Labute approximate surface area is 159 Å². The molecule has 140 valence electrons. The summed E-state index contributed by atoms with van der Waals surface area (Å²) in [4.78, 5) is 24.6. The smallest absolute Gasteiger partial charge is 0.251 e. The first-order valence-electron chi connectivity index (χ1n) is 9.27. The van der Waals surface area contributed by atoms with Gasteiger partial charge in [0.1, 0.15) is 17.4 Å². The number of aromatic nitrogens is 3. The highest BCUT2D eigenvalue weighted by atomic mass is 16.1. The number of carbonyl (C=O) groups is 1. The van der Waals surface area contributed by atoms with E-state index in [1.807, 2.05) is 0 Å². The quantitative estimate of drug-likeness (QED) is 0.656. The molecule has 0 saturated heterocycles. The largest absolute Gasteiger partial charge is 0.366 e. The summed E-state index contributed by atoms with van der Waals surface area (Å²) in [5.74, 6) is 0.579. The predicted octanol–water partition coefficient (Wildman–Crippen LogP) is 4.20. The van der Waals surface area contributed by atoms with Gasteiger partial charge in [0.15, 0.2) is 5.82 Å².